The maximum atomic E-state index is 5.05. The van der Waals surface area contributed by atoms with Crippen molar-refractivity contribution in [1.29, 1.82) is 0 Å². The molecule has 2 nitrogen and oxygen atoms in total. The van der Waals surface area contributed by atoms with Crippen LogP contribution < -0.4 is 5.32 Å². The molecular formula is C26H48N2. The van der Waals surface area contributed by atoms with E-state index < -0.39 is 0 Å². The summed E-state index contributed by atoms with van der Waals surface area (Å²) in [7, 11) is 0. The lowest BCUT2D eigenvalue weighted by molar-refractivity contribution is 0.384. The van der Waals surface area contributed by atoms with Gasteiger partial charge in [0.05, 0.1) is 0 Å². The van der Waals surface area contributed by atoms with E-state index in [4.69, 9.17) is 4.99 Å². The number of hydrogen-bond donors (Lipinski definition) is 1. The second-order valence-corrected chi connectivity index (χ2v) is 11.0. The molecule has 1 rings (SSSR count). The fourth-order valence-corrected chi connectivity index (χ4v) is 3.64. The Kier molecular flexibility index (Phi) is 10.0. The van der Waals surface area contributed by atoms with E-state index in [2.05, 4.69) is 78.9 Å². The van der Waals surface area contributed by atoms with Crippen LogP contribution >= 0.6 is 0 Å². The summed E-state index contributed by atoms with van der Waals surface area (Å²) < 4.78 is 0. The van der Waals surface area contributed by atoms with Gasteiger partial charge in [0.1, 0.15) is 0 Å². The van der Waals surface area contributed by atoms with Gasteiger partial charge >= 0.3 is 0 Å². The van der Waals surface area contributed by atoms with Crippen molar-refractivity contribution in [2.75, 3.05) is 13.1 Å². The maximum absolute atomic E-state index is 5.05. The van der Waals surface area contributed by atoms with Crippen molar-refractivity contribution in [3.63, 3.8) is 0 Å². The Morgan fingerprint density at radius 2 is 1.64 bits per heavy atom. The average Bonchev–Trinajstić information content (AvgIpc) is 2.54. The van der Waals surface area contributed by atoms with Crippen LogP contribution in [0.4, 0.5) is 0 Å². The van der Waals surface area contributed by atoms with Gasteiger partial charge in [-0.15, -0.1) is 0 Å². The molecule has 28 heavy (non-hydrogen) atoms. The van der Waals surface area contributed by atoms with Gasteiger partial charge in [-0.05, 0) is 37.5 Å². The van der Waals surface area contributed by atoms with Crippen molar-refractivity contribution < 1.29 is 0 Å². The first-order valence-electron chi connectivity index (χ1n) is 11.6. The molecule has 0 unspecified atom stereocenters. The molecular weight excluding hydrogens is 340 g/mol. The third-order valence-corrected chi connectivity index (χ3v) is 5.60. The molecule has 0 aromatic rings. The van der Waals surface area contributed by atoms with Crippen LogP contribution in [0.3, 0.4) is 0 Å². The van der Waals surface area contributed by atoms with Crippen molar-refractivity contribution in [2.24, 2.45) is 21.2 Å². The van der Waals surface area contributed by atoms with E-state index in [1.807, 2.05) is 0 Å². The highest BCUT2D eigenvalue weighted by atomic mass is 14.9. The largest absolute Gasteiger partial charge is 0.389 e. The summed E-state index contributed by atoms with van der Waals surface area (Å²) in [4.78, 5) is 5.05. The second kappa shape index (κ2) is 11.2. The highest BCUT2D eigenvalue weighted by Gasteiger charge is 2.23. The SMILES string of the molecule is CCC/C(=N\CCC(C)(C)C)C(C)(C)/C=C/C(C)(C)/C=C1\CCCCCCN1. The molecule has 1 saturated heterocycles. The lowest BCUT2D eigenvalue weighted by atomic mass is 9.80. The zero-order valence-corrected chi connectivity index (χ0v) is 20.3. The zero-order valence-electron chi connectivity index (χ0n) is 20.3. The van der Waals surface area contributed by atoms with E-state index in [-0.39, 0.29) is 10.8 Å². The summed E-state index contributed by atoms with van der Waals surface area (Å²) in [6.07, 6.45) is 17.2. The third-order valence-electron chi connectivity index (χ3n) is 5.60. The summed E-state index contributed by atoms with van der Waals surface area (Å²) in [5.41, 5.74) is 3.20. The molecule has 162 valence electrons. The topological polar surface area (TPSA) is 24.4 Å². The van der Waals surface area contributed by atoms with Crippen molar-refractivity contribution >= 4 is 5.71 Å². The molecule has 1 heterocycles. The van der Waals surface area contributed by atoms with Gasteiger partial charge < -0.3 is 5.32 Å². The predicted molar refractivity (Wildman–Crippen MR) is 127 cm³/mol. The Balaban J connectivity index is 2.88. The van der Waals surface area contributed by atoms with Crippen LogP contribution in [0.15, 0.2) is 28.9 Å². The van der Waals surface area contributed by atoms with Gasteiger partial charge in [-0.2, -0.15) is 0 Å². The first kappa shape index (κ1) is 25.0. The molecule has 0 aromatic heterocycles. The lowest BCUT2D eigenvalue weighted by Gasteiger charge is -2.27. The van der Waals surface area contributed by atoms with Crippen LogP contribution in [0.5, 0.6) is 0 Å². The first-order chi connectivity index (χ1) is 13.0. The molecule has 0 aliphatic carbocycles. The summed E-state index contributed by atoms with van der Waals surface area (Å²) in [6, 6.07) is 0. The number of nitrogens with one attached hydrogen (secondary N) is 1. The molecule has 0 atom stereocenters. The first-order valence-corrected chi connectivity index (χ1v) is 11.6. The van der Waals surface area contributed by atoms with E-state index in [0.29, 0.717) is 5.41 Å². The number of rotatable bonds is 8. The number of aliphatic imine (C=N–C) groups is 1. The Bertz CT molecular complexity index is 531. The highest BCUT2D eigenvalue weighted by molar-refractivity contribution is 5.91. The van der Waals surface area contributed by atoms with Gasteiger partial charge in [0.2, 0.25) is 0 Å². The van der Waals surface area contributed by atoms with Crippen LogP contribution in [-0.4, -0.2) is 18.8 Å². The molecule has 1 aliphatic heterocycles. The van der Waals surface area contributed by atoms with Crippen molar-refractivity contribution in [3.05, 3.63) is 23.9 Å². The average molecular weight is 389 g/mol. The van der Waals surface area contributed by atoms with Gasteiger partial charge in [0, 0.05) is 35.3 Å². The summed E-state index contributed by atoms with van der Waals surface area (Å²) in [5.74, 6) is 0. The molecule has 0 saturated carbocycles. The third kappa shape index (κ3) is 10.5. The lowest BCUT2D eigenvalue weighted by Crippen LogP contribution is -2.24. The zero-order chi connectivity index (χ0) is 21.3. The Morgan fingerprint density at radius 3 is 2.29 bits per heavy atom. The van der Waals surface area contributed by atoms with Gasteiger partial charge in [-0.1, -0.05) is 92.9 Å². The number of allylic oxidation sites excluding steroid dienone is 4. The van der Waals surface area contributed by atoms with E-state index in [1.165, 1.54) is 43.5 Å². The quantitative estimate of drug-likeness (QED) is 0.334. The van der Waals surface area contributed by atoms with E-state index in [9.17, 15) is 0 Å². The van der Waals surface area contributed by atoms with E-state index >= 15 is 0 Å². The monoisotopic (exact) mass is 388 g/mol. The fourth-order valence-electron chi connectivity index (χ4n) is 3.64. The Hall–Kier alpha value is -1.05. The van der Waals surface area contributed by atoms with E-state index in [0.717, 1.165) is 32.4 Å². The number of nitrogens with zero attached hydrogens (tertiary/aromatic N) is 1. The minimum atomic E-state index is 0.0119. The Morgan fingerprint density at radius 1 is 0.964 bits per heavy atom. The molecule has 0 aromatic carbocycles. The Labute approximate surface area is 176 Å². The molecule has 1 fully saturated rings. The van der Waals surface area contributed by atoms with Crippen LogP contribution in [0, 0.1) is 16.2 Å². The van der Waals surface area contributed by atoms with E-state index in [1.54, 1.807) is 0 Å². The smallest absolute Gasteiger partial charge is 0.0394 e. The minimum Gasteiger partial charge on any atom is -0.389 e. The summed E-state index contributed by atoms with van der Waals surface area (Å²) in [5, 5.41) is 3.66. The summed E-state index contributed by atoms with van der Waals surface area (Å²) in [6.45, 7) is 20.5. The molecule has 1 aliphatic rings. The number of hydrogen-bond acceptors (Lipinski definition) is 2. The minimum absolute atomic E-state index is 0.0119. The van der Waals surface area contributed by atoms with Crippen LogP contribution in [0.1, 0.15) is 107 Å². The molecule has 0 radical (unpaired) electrons. The summed E-state index contributed by atoms with van der Waals surface area (Å²) >= 11 is 0. The van der Waals surface area contributed by atoms with Crippen molar-refractivity contribution in [2.45, 2.75) is 107 Å². The standard InChI is InChI=1S/C26H48N2/c1-9-14-23(28-20-18-24(2,3)4)26(7,8)17-16-25(5,6)21-22-15-12-10-11-13-19-27-22/h16-17,21,27H,9-15,18-20H2,1-8H3/b17-16+,22-21+,28-23+. The van der Waals surface area contributed by atoms with Crippen molar-refractivity contribution in [1.82, 2.24) is 5.32 Å². The molecule has 0 amide bonds. The molecule has 0 bridgehead atoms. The van der Waals surface area contributed by atoms with Gasteiger partial charge in [-0.3, -0.25) is 4.99 Å². The van der Waals surface area contributed by atoms with Gasteiger partial charge in [-0.25, -0.2) is 0 Å². The fraction of sp³-hybridized carbons (Fsp3) is 0.808. The molecule has 0 spiro atoms. The van der Waals surface area contributed by atoms with Crippen LogP contribution in [0.25, 0.3) is 0 Å². The highest BCUT2D eigenvalue weighted by Crippen LogP contribution is 2.29. The van der Waals surface area contributed by atoms with Crippen LogP contribution in [-0.2, 0) is 0 Å². The normalized spacial score (nSPS) is 19.6. The maximum Gasteiger partial charge on any atom is 0.0394 e. The second-order valence-electron chi connectivity index (χ2n) is 11.0. The predicted octanol–water partition coefficient (Wildman–Crippen LogP) is 7.71. The van der Waals surface area contributed by atoms with Crippen LogP contribution in [0.2, 0.25) is 0 Å². The van der Waals surface area contributed by atoms with Crippen molar-refractivity contribution in [3.8, 4) is 0 Å². The molecule has 2 heteroatoms. The molecule has 1 N–H and O–H groups in total. The van der Waals surface area contributed by atoms with Gasteiger partial charge in [0.25, 0.3) is 0 Å². The van der Waals surface area contributed by atoms with Gasteiger partial charge in [0.15, 0.2) is 0 Å².